The highest BCUT2D eigenvalue weighted by Gasteiger charge is 2.56. The number of fused-ring (bicyclic) bond motifs is 3. The monoisotopic (exact) mass is 822 g/mol. The van der Waals surface area contributed by atoms with Crippen LogP contribution in [0.3, 0.4) is 0 Å². The number of aliphatic hydroxyl groups is 2. The SMILES string of the molecule is C.C=CC[C@@H]1/C=C(\C)C[C@H](C)C[C@H](OC)[C@H]2O[C@@](O)(C(=O)C(=O)N3CCCC[C@H]3C(=O)O[C@H](/C(C)=C/[C@@H]3CC[C@H](F)[C@H](OC)C3)[C@H](C)[C@@H](O)CC1=O)[C@H](C)C[C@@H]2OC. The standard InChI is InChI=1S/C44H68FNO11.CH4/c1-10-13-31-19-25(2)18-26(3)20-37(54-8)40-38(55-9)22-28(5)44(52,57-40)41(49)42(50)46-17-12-11-14-33(46)43(51)56-39(29(6)34(47)24-35(31)48)27(4)21-30-15-16-32(45)36(23-30)53-7;/h10,19,21,26,28-34,36-40,47,52H,1,11-18,20,22-24H2,2-9H3;1H4/b25-19+,27-21+;/t26-,28+,29+,30-,31+,32-,33-,34-,36+,37-,38-,39+,40+,44+;/m0./s1. The molecule has 13 heteroatoms. The maximum Gasteiger partial charge on any atom is 0.329 e. The number of carbonyl (C=O) groups excluding carboxylic acids is 4. The number of hydrogen-bond donors (Lipinski definition) is 2. The molecule has 0 unspecified atom stereocenters. The Morgan fingerprint density at radius 2 is 1.64 bits per heavy atom. The smallest absolute Gasteiger partial charge is 0.329 e. The number of amides is 1. The molecule has 2 saturated heterocycles. The molecule has 3 heterocycles. The van der Waals surface area contributed by atoms with Gasteiger partial charge in [-0.3, -0.25) is 14.4 Å². The number of carbonyl (C=O) groups is 4. The van der Waals surface area contributed by atoms with Gasteiger partial charge in [-0.25, -0.2) is 9.18 Å². The number of ether oxygens (including phenoxy) is 5. The van der Waals surface area contributed by atoms with Gasteiger partial charge in [-0.1, -0.05) is 52.0 Å². The lowest BCUT2D eigenvalue weighted by atomic mass is 9.81. The molecule has 3 aliphatic heterocycles. The van der Waals surface area contributed by atoms with Crippen LogP contribution in [0, 0.1) is 29.6 Å². The van der Waals surface area contributed by atoms with Gasteiger partial charge < -0.3 is 38.8 Å². The molecule has 330 valence electrons. The van der Waals surface area contributed by atoms with Crippen molar-refractivity contribution in [2.45, 2.75) is 167 Å². The molecule has 3 fully saturated rings. The minimum absolute atomic E-state index is 0. The predicted molar refractivity (Wildman–Crippen MR) is 218 cm³/mol. The summed E-state index contributed by atoms with van der Waals surface area (Å²) in [6.07, 6.45) is 3.51. The molecule has 0 aromatic heterocycles. The number of hydrogen-bond acceptors (Lipinski definition) is 11. The molecule has 0 radical (unpaired) electrons. The summed E-state index contributed by atoms with van der Waals surface area (Å²) in [5.74, 6) is -7.96. The molecule has 0 aromatic carbocycles. The van der Waals surface area contributed by atoms with Crippen molar-refractivity contribution in [2.24, 2.45) is 29.6 Å². The summed E-state index contributed by atoms with van der Waals surface area (Å²) in [5, 5.41) is 23.7. The van der Waals surface area contributed by atoms with E-state index in [1.54, 1.807) is 26.8 Å². The fourth-order valence-electron chi connectivity index (χ4n) is 9.39. The number of Topliss-reactive ketones (excluding diaryl/α,β-unsaturated/α-hetero) is 2. The Morgan fingerprint density at radius 1 is 0.983 bits per heavy atom. The maximum absolute atomic E-state index is 14.5. The lowest BCUT2D eigenvalue weighted by molar-refractivity contribution is -0.302. The second-order valence-electron chi connectivity index (χ2n) is 17.2. The van der Waals surface area contributed by atoms with Crippen molar-refractivity contribution >= 4 is 23.4 Å². The number of halogens is 1. The lowest BCUT2D eigenvalue weighted by Crippen LogP contribution is -2.64. The maximum atomic E-state index is 14.5. The van der Waals surface area contributed by atoms with Gasteiger partial charge in [0, 0.05) is 52.0 Å². The summed E-state index contributed by atoms with van der Waals surface area (Å²) in [7, 11) is 4.52. The van der Waals surface area contributed by atoms with E-state index in [1.165, 1.54) is 26.2 Å². The first kappa shape index (κ1) is 49.6. The van der Waals surface area contributed by atoms with E-state index in [4.69, 9.17) is 23.7 Å². The van der Waals surface area contributed by atoms with Gasteiger partial charge in [-0.2, -0.15) is 0 Å². The minimum atomic E-state index is -2.52. The van der Waals surface area contributed by atoms with Gasteiger partial charge in [0.05, 0.1) is 24.4 Å². The first-order valence-electron chi connectivity index (χ1n) is 20.8. The summed E-state index contributed by atoms with van der Waals surface area (Å²) >= 11 is 0. The van der Waals surface area contributed by atoms with Gasteiger partial charge in [0.25, 0.3) is 11.7 Å². The number of cyclic esters (lactones) is 1. The van der Waals surface area contributed by atoms with Crippen LogP contribution in [0.4, 0.5) is 4.39 Å². The Kier molecular flexibility index (Phi) is 18.9. The van der Waals surface area contributed by atoms with Gasteiger partial charge in [-0.05, 0) is 95.5 Å². The topological polar surface area (TPSA) is 158 Å². The van der Waals surface area contributed by atoms with Gasteiger partial charge in [0.2, 0.25) is 5.79 Å². The number of piperidine rings is 1. The highest BCUT2D eigenvalue weighted by molar-refractivity contribution is 6.39. The van der Waals surface area contributed by atoms with Crippen molar-refractivity contribution in [3.05, 3.63) is 36.0 Å². The minimum Gasteiger partial charge on any atom is -0.456 e. The summed E-state index contributed by atoms with van der Waals surface area (Å²) in [4.78, 5) is 57.8. The number of alkyl halides is 1. The first-order chi connectivity index (χ1) is 27.0. The third-order valence-electron chi connectivity index (χ3n) is 12.8. The fourth-order valence-corrected chi connectivity index (χ4v) is 9.39. The third kappa shape index (κ3) is 11.7. The second-order valence-corrected chi connectivity index (χ2v) is 17.2. The largest absolute Gasteiger partial charge is 0.456 e. The van der Waals surface area contributed by atoms with E-state index in [2.05, 4.69) is 6.58 Å². The number of aliphatic hydroxyl groups excluding tert-OH is 1. The average Bonchev–Trinajstić information content (AvgIpc) is 3.18. The van der Waals surface area contributed by atoms with E-state index < -0.39 is 90.0 Å². The van der Waals surface area contributed by atoms with Crippen LogP contribution >= 0.6 is 0 Å². The zero-order valence-corrected chi connectivity index (χ0v) is 35.3. The van der Waals surface area contributed by atoms with Crippen LogP contribution < -0.4 is 0 Å². The molecule has 2 N–H and O–H groups in total. The third-order valence-corrected chi connectivity index (χ3v) is 12.8. The Hall–Kier alpha value is -2.81. The number of esters is 1. The Morgan fingerprint density at radius 3 is 2.28 bits per heavy atom. The van der Waals surface area contributed by atoms with Gasteiger partial charge >= 0.3 is 5.97 Å². The van der Waals surface area contributed by atoms with E-state index in [0.717, 1.165) is 5.57 Å². The molecule has 58 heavy (non-hydrogen) atoms. The summed E-state index contributed by atoms with van der Waals surface area (Å²) in [6.45, 7) is 13.0. The number of rotatable bonds is 7. The highest BCUT2D eigenvalue weighted by atomic mass is 19.1. The van der Waals surface area contributed by atoms with Crippen LogP contribution in [0.1, 0.15) is 113 Å². The molecule has 1 aliphatic carbocycles. The molecule has 2 bridgehead atoms. The van der Waals surface area contributed by atoms with E-state index in [1.807, 2.05) is 26.0 Å². The van der Waals surface area contributed by atoms with Crippen molar-refractivity contribution in [3.63, 3.8) is 0 Å². The first-order valence-corrected chi connectivity index (χ1v) is 20.8. The highest BCUT2D eigenvalue weighted by Crippen LogP contribution is 2.39. The lowest BCUT2D eigenvalue weighted by Gasteiger charge is -2.47. The Labute approximate surface area is 345 Å². The van der Waals surface area contributed by atoms with Crippen LogP contribution in [0.2, 0.25) is 0 Å². The summed E-state index contributed by atoms with van der Waals surface area (Å²) in [5.41, 5.74) is 1.56. The number of allylic oxidation sites excluding steroid dienone is 4. The molecular weight excluding hydrogens is 749 g/mol. The van der Waals surface area contributed by atoms with Crippen LogP contribution in [0.5, 0.6) is 0 Å². The van der Waals surface area contributed by atoms with Crippen molar-refractivity contribution in [1.29, 1.82) is 0 Å². The van der Waals surface area contributed by atoms with Crippen LogP contribution in [0.15, 0.2) is 36.0 Å². The van der Waals surface area contributed by atoms with Crippen molar-refractivity contribution < 1.29 is 57.5 Å². The number of nitrogens with zero attached hydrogens (tertiary/aromatic N) is 1. The molecule has 14 atom stereocenters. The number of methoxy groups -OCH3 is 3. The summed E-state index contributed by atoms with van der Waals surface area (Å²) < 4.78 is 44.1. The van der Waals surface area contributed by atoms with E-state index in [9.17, 15) is 33.8 Å². The molecule has 1 amide bonds. The fraction of sp³-hybridized carbons (Fsp3) is 0.778. The van der Waals surface area contributed by atoms with E-state index in [-0.39, 0.29) is 50.9 Å². The normalized spacial score (nSPS) is 40.3. The number of ketones is 2. The second kappa shape index (κ2) is 22.2. The molecule has 4 aliphatic rings. The van der Waals surface area contributed by atoms with E-state index >= 15 is 0 Å². The van der Waals surface area contributed by atoms with Crippen molar-refractivity contribution in [1.82, 2.24) is 4.90 Å². The molecule has 1 saturated carbocycles. The van der Waals surface area contributed by atoms with Crippen LogP contribution in [0.25, 0.3) is 0 Å². The molecule has 4 rings (SSSR count). The summed E-state index contributed by atoms with van der Waals surface area (Å²) in [6, 6.07) is -1.16. The van der Waals surface area contributed by atoms with Gasteiger partial charge in [-0.15, -0.1) is 6.58 Å². The van der Waals surface area contributed by atoms with Gasteiger partial charge in [0.15, 0.2) is 0 Å². The molecular formula is C45H72FNO11. The van der Waals surface area contributed by atoms with Crippen LogP contribution in [-0.4, -0.2) is 121 Å². The Balaban J connectivity index is 0.00000900. The molecule has 12 nitrogen and oxygen atoms in total. The molecule has 0 aromatic rings. The quantitative estimate of drug-likeness (QED) is 0.170. The predicted octanol–water partition coefficient (Wildman–Crippen LogP) is 6.25. The molecule has 0 spiro atoms. The van der Waals surface area contributed by atoms with Crippen LogP contribution in [-0.2, 0) is 42.9 Å². The Bertz CT molecular complexity index is 1480. The van der Waals surface area contributed by atoms with Gasteiger partial charge in [0.1, 0.15) is 30.2 Å². The van der Waals surface area contributed by atoms with E-state index in [0.29, 0.717) is 56.9 Å². The van der Waals surface area contributed by atoms with Crippen molar-refractivity contribution in [3.8, 4) is 0 Å². The van der Waals surface area contributed by atoms with Crippen molar-refractivity contribution in [2.75, 3.05) is 27.9 Å². The average molecular weight is 822 g/mol. The zero-order chi connectivity index (χ0) is 42.2. The zero-order valence-electron chi connectivity index (χ0n) is 35.3.